The lowest BCUT2D eigenvalue weighted by Gasteiger charge is -2.20. The zero-order valence-electron chi connectivity index (χ0n) is 14.3. The summed E-state index contributed by atoms with van der Waals surface area (Å²) in [5.74, 6) is 2.68. The average molecular weight is 482 g/mol. The topological polar surface area (TPSA) is 64.1 Å². The maximum Gasteiger partial charge on any atom is 0.191 e. The molecule has 0 amide bonds. The Labute approximate surface area is 170 Å². The van der Waals surface area contributed by atoms with Crippen molar-refractivity contribution in [3.05, 3.63) is 22.7 Å². The third-order valence-corrected chi connectivity index (χ3v) is 4.28. The second-order valence-electron chi connectivity index (χ2n) is 5.91. The lowest BCUT2D eigenvalue weighted by molar-refractivity contribution is 0.171. The quantitative estimate of drug-likeness (QED) is 0.385. The lowest BCUT2D eigenvalue weighted by Crippen LogP contribution is -2.39. The van der Waals surface area contributed by atoms with Crippen LogP contribution in [0.1, 0.15) is 18.9 Å². The van der Waals surface area contributed by atoms with Crippen molar-refractivity contribution in [1.29, 1.82) is 0 Å². The van der Waals surface area contributed by atoms with Crippen LogP contribution in [-0.2, 0) is 11.3 Å². The summed E-state index contributed by atoms with van der Waals surface area (Å²) in [6.07, 6.45) is 1.10. The highest BCUT2D eigenvalue weighted by atomic mass is 127. The molecule has 0 saturated carbocycles. The van der Waals surface area contributed by atoms with E-state index in [2.05, 4.69) is 22.5 Å². The smallest absolute Gasteiger partial charge is 0.191 e. The molecule has 0 aliphatic carbocycles. The van der Waals surface area contributed by atoms with Gasteiger partial charge in [0.15, 0.2) is 17.5 Å². The standard InChI is InChI=1S/C17H24ClN3O3.HI/c1-2-19-17(20-9-12-3-4-22-11-12)21-10-13-7-14(18)16-15(8-13)23-5-6-24-16;/h7-8,12H,2-6,9-11H2,1H3,(H2,19,20,21);1H. The summed E-state index contributed by atoms with van der Waals surface area (Å²) in [4.78, 5) is 4.63. The molecule has 1 unspecified atom stereocenters. The number of rotatable bonds is 5. The van der Waals surface area contributed by atoms with E-state index in [1.807, 2.05) is 12.1 Å². The summed E-state index contributed by atoms with van der Waals surface area (Å²) in [6.45, 7) is 7.01. The molecule has 1 aromatic rings. The fourth-order valence-corrected chi connectivity index (χ4v) is 3.04. The minimum atomic E-state index is 0. The van der Waals surface area contributed by atoms with Crippen LogP contribution in [-0.4, -0.2) is 45.5 Å². The average Bonchev–Trinajstić information content (AvgIpc) is 3.11. The van der Waals surface area contributed by atoms with E-state index in [4.69, 9.17) is 25.8 Å². The highest BCUT2D eigenvalue weighted by Gasteiger charge is 2.17. The van der Waals surface area contributed by atoms with Crippen LogP contribution in [0.2, 0.25) is 5.02 Å². The van der Waals surface area contributed by atoms with Gasteiger partial charge in [-0.25, -0.2) is 4.99 Å². The Morgan fingerprint density at radius 2 is 2.08 bits per heavy atom. The Balaban J connectivity index is 0.00000225. The Morgan fingerprint density at radius 1 is 1.24 bits per heavy atom. The van der Waals surface area contributed by atoms with Gasteiger partial charge in [0.2, 0.25) is 0 Å². The van der Waals surface area contributed by atoms with Crippen molar-refractivity contribution < 1.29 is 14.2 Å². The molecule has 0 spiro atoms. The molecule has 2 aliphatic rings. The van der Waals surface area contributed by atoms with Crippen molar-refractivity contribution in [1.82, 2.24) is 10.6 Å². The summed E-state index contributed by atoms with van der Waals surface area (Å²) in [6, 6.07) is 3.82. The SMILES string of the molecule is CCNC(=NCc1cc(Cl)c2c(c1)OCCO2)NCC1CCOC1.I. The molecule has 140 valence electrons. The normalized spacial score (nSPS) is 19.3. The van der Waals surface area contributed by atoms with E-state index >= 15 is 0 Å². The fourth-order valence-electron chi connectivity index (χ4n) is 2.75. The second kappa shape index (κ2) is 10.3. The number of ether oxygens (including phenoxy) is 3. The van der Waals surface area contributed by atoms with Crippen molar-refractivity contribution in [2.75, 3.05) is 39.5 Å². The summed E-state index contributed by atoms with van der Waals surface area (Å²) < 4.78 is 16.6. The minimum absolute atomic E-state index is 0. The van der Waals surface area contributed by atoms with E-state index in [0.717, 1.165) is 44.2 Å². The van der Waals surface area contributed by atoms with Gasteiger partial charge in [0.1, 0.15) is 13.2 Å². The molecular weight excluding hydrogens is 457 g/mol. The van der Waals surface area contributed by atoms with Crippen molar-refractivity contribution in [2.45, 2.75) is 19.9 Å². The first-order chi connectivity index (χ1) is 11.8. The first-order valence-corrected chi connectivity index (χ1v) is 8.82. The van der Waals surface area contributed by atoms with Gasteiger partial charge in [0.25, 0.3) is 0 Å². The Hall–Kier alpha value is -0.930. The van der Waals surface area contributed by atoms with Crippen molar-refractivity contribution >= 4 is 41.5 Å². The predicted octanol–water partition coefficient (Wildman–Crippen LogP) is 2.82. The van der Waals surface area contributed by atoms with Gasteiger partial charge in [-0.3, -0.25) is 0 Å². The third kappa shape index (κ3) is 5.79. The number of nitrogens with zero attached hydrogens (tertiary/aromatic N) is 1. The van der Waals surface area contributed by atoms with Crippen LogP contribution >= 0.6 is 35.6 Å². The summed E-state index contributed by atoms with van der Waals surface area (Å²) in [5.41, 5.74) is 0.991. The Morgan fingerprint density at radius 3 is 2.84 bits per heavy atom. The molecule has 0 aromatic heterocycles. The van der Waals surface area contributed by atoms with Crippen molar-refractivity contribution in [2.24, 2.45) is 10.9 Å². The lowest BCUT2D eigenvalue weighted by atomic mass is 10.1. The zero-order chi connectivity index (χ0) is 16.8. The van der Waals surface area contributed by atoms with E-state index in [1.165, 1.54) is 0 Å². The minimum Gasteiger partial charge on any atom is -0.486 e. The molecule has 25 heavy (non-hydrogen) atoms. The molecule has 2 heterocycles. The Bertz CT molecular complexity index is 595. The van der Waals surface area contributed by atoms with Gasteiger partial charge >= 0.3 is 0 Å². The number of nitrogens with one attached hydrogen (secondary N) is 2. The highest BCUT2D eigenvalue weighted by molar-refractivity contribution is 14.0. The van der Waals surface area contributed by atoms with Crippen LogP contribution in [0, 0.1) is 5.92 Å². The van der Waals surface area contributed by atoms with Gasteiger partial charge < -0.3 is 24.8 Å². The van der Waals surface area contributed by atoms with E-state index < -0.39 is 0 Å². The summed E-state index contributed by atoms with van der Waals surface area (Å²) in [5, 5.41) is 7.21. The number of fused-ring (bicyclic) bond motifs is 1. The monoisotopic (exact) mass is 481 g/mol. The van der Waals surface area contributed by atoms with E-state index in [-0.39, 0.29) is 24.0 Å². The molecule has 0 bridgehead atoms. The summed E-state index contributed by atoms with van der Waals surface area (Å²) >= 11 is 6.27. The maximum absolute atomic E-state index is 6.27. The Kier molecular flexibility index (Phi) is 8.38. The molecule has 8 heteroatoms. The van der Waals surface area contributed by atoms with Gasteiger partial charge in [-0.1, -0.05) is 11.6 Å². The molecule has 1 fully saturated rings. The molecule has 2 N–H and O–H groups in total. The van der Waals surface area contributed by atoms with Crippen LogP contribution in [0.5, 0.6) is 11.5 Å². The van der Waals surface area contributed by atoms with Crippen molar-refractivity contribution in [3.63, 3.8) is 0 Å². The van der Waals surface area contributed by atoms with Gasteiger partial charge in [-0.05, 0) is 31.0 Å². The zero-order valence-corrected chi connectivity index (χ0v) is 17.4. The number of hydrogen-bond acceptors (Lipinski definition) is 4. The van der Waals surface area contributed by atoms with Crippen LogP contribution < -0.4 is 20.1 Å². The molecular formula is C17H25ClIN3O3. The van der Waals surface area contributed by atoms with E-state index in [0.29, 0.717) is 42.2 Å². The maximum atomic E-state index is 6.27. The van der Waals surface area contributed by atoms with Crippen LogP contribution in [0.25, 0.3) is 0 Å². The first kappa shape index (κ1) is 20.4. The van der Waals surface area contributed by atoms with Gasteiger partial charge in [0.05, 0.1) is 18.2 Å². The molecule has 3 rings (SSSR count). The molecule has 1 saturated heterocycles. The molecule has 1 aromatic carbocycles. The van der Waals surface area contributed by atoms with E-state index in [9.17, 15) is 0 Å². The number of guanidine groups is 1. The number of halogens is 2. The van der Waals surface area contributed by atoms with Crippen molar-refractivity contribution in [3.8, 4) is 11.5 Å². The van der Waals surface area contributed by atoms with Crippen LogP contribution in [0.3, 0.4) is 0 Å². The highest BCUT2D eigenvalue weighted by Crippen LogP contribution is 2.38. The van der Waals surface area contributed by atoms with Crippen LogP contribution in [0.4, 0.5) is 0 Å². The first-order valence-electron chi connectivity index (χ1n) is 8.44. The fraction of sp³-hybridized carbons (Fsp3) is 0.588. The molecule has 1 atom stereocenters. The second-order valence-corrected chi connectivity index (χ2v) is 6.31. The third-order valence-electron chi connectivity index (χ3n) is 4.00. The molecule has 2 aliphatic heterocycles. The molecule has 0 radical (unpaired) electrons. The van der Waals surface area contributed by atoms with E-state index in [1.54, 1.807) is 0 Å². The summed E-state index contributed by atoms with van der Waals surface area (Å²) in [7, 11) is 0. The largest absolute Gasteiger partial charge is 0.486 e. The van der Waals surface area contributed by atoms with Gasteiger partial charge in [-0.2, -0.15) is 0 Å². The van der Waals surface area contributed by atoms with Crippen LogP contribution in [0.15, 0.2) is 17.1 Å². The van der Waals surface area contributed by atoms with Gasteiger partial charge in [-0.15, -0.1) is 24.0 Å². The number of benzene rings is 1. The van der Waals surface area contributed by atoms with Gasteiger partial charge in [0, 0.05) is 25.6 Å². The molecule has 6 nitrogen and oxygen atoms in total. The number of aliphatic imine (C=N–C) groups is 1. The number of hydrogen-bond donors (Lipinski definition) is 2. The predicted molar refractivity (Wildman–Crippen MR) is 110 cm³/mol.